The van der Waals surface area contributed by atoms with E-state index in [0.717, 1.165) is 0 Å². The second-order valence-electron chi connectivity index (χ2n) is 3.60. The second kappa shape index (κ2) is 6.51. The van der Waals surface area contributed by atoms with Crippen LogP contribution in [0.3, 0.4) is 0 Å². The lowest BCUT2D eigenvalue weighted by Gasteiger charge is -2.15. The Balaban J connectivity index is 2.69. The molecule has 0 spiro atoms. The van der Waals surface area contributed by atoms with Crippen LogP contribution in [-0.4, -0.2) is 24.3 Å². The normalized spacial score (nSPS) is 12.2. The molecule has 2 N–H and O–H groups in total. The van der Waals surface area contributed by atoms with Gasteiger partial charge in [-0.15, -0.1) is 0 Å². The number of hydrogen-bond donors (Lipinski definition) is 1. The number of nitrogens with two attached hydrogens (primary N) is 1. The lowest BCUT2D eigenvalue weighted by atomic mass is 10.2. The van der Waals surface area contributed by atoms with Gasteiger partial charge in [-0.1, -0.05) is 12.2 Å². The van der Waals surface area contributed by atoms with Crippen molar-refractivity contribution in [3.8, 4) is 5.75 Å². The van der Waals surface area contributed by atoms with E-state index in [1.807, 2.05) is 13.8 Å². The van der Waals surface area contributed by atoms with Gasteiger partial charge in [-0.25, -0.2) is 4.39 Å². The molecule has 0 heterocycles. The van der Waals surface area contributed by atoms with Gasteiger partial charge in [0.2, 0.25) is 0 Å². The van der Waals surface area contributed by atoms with E-state index in [1.54, 1.807) is 6.07 Å². The van der Waals surface area contributed by atoms with E-state index in [1.165, 1.54) is 12.1 Å². The maximum Gasteiger partial charge on any atom is 0.165 e. The number of hydrogen-bond acceptors (Lipinski definition) is 3. The van der Waals surface area contributed by atoms with Crippen molar-refractivity contribution >= 4 is 17.2 Å². The SMILES string of the molecule is CCOCC(C)Oc1ccc(C(N)=S)cc1F. The van der Waals surface area contributed by atoms with Crippen molar-refractivity contribution in [1.82, 2.24) is 0 Å². The molecule has 0 aliphatic rings. The van der Waals surface area contributed by atoms with E-state index in [-0.39, 0.29) is 16.8 Å². The molecule has 0 radical (unpaired) electrons. The molecular formula is C12H16FNO2S. The Morgan fingerprint density at radius 1 is 1.53 bits per heavy atom. The smallest absolute Gasteiger partial charge is 0.165 e. The number of rotatable bonds is 6. The molecule has 1 atom stereocenters. The first-order valence-corrected chi connectivity index (χ1v) is 5.79. The van der Waals surface area contributed by atoms with Gasteiger partial charge in [0.05, 0.1) is 6.61 Å². The van der Waals surface area contributed by atoms with Gasteiger partial charge in [0.1, 0.15) is 11.1 Å². The summed E-state index contributed by atoms with van der Waals surface area (Å²) in [5.74, 6) is -0.296. The zero-order chi connectivity index (χ0) is 12.8. The monoisotopic (exact) mass is 257 g/mol. The zero-order valence-electron chi connectivity index (χ0n) is 9.90. The average Bonchev–Trinajstić information content (AvgIpc) is 2.28. The Morgan fingerprint density at radius 2 is 2.24 bits per heavy atom. The van der Waals surface area contributed by atoms with Crippen molar-refractivity contribution in [2.75, 3.05) is 13.2 Å². The van der Waals surface area contributed by atoms with E-state index in [0.29, 0.717) is 18.8 Å². The number of thiocarbonyl (C=S) groups is 1. The molecule has 1 unspecified atom stereocenters. The quantitative estimate of drug-likeness (QED) is 0.794. The first-order valence-electron chi connectivity index (χ1n) is 5.38. The fourth-order valence-electron chi connectivity index (χ4n) is 1.28. The van der Waals surface area contributed by atoms with Crippen LogP contribution in [0.2, 0.25) is 0 Å². The first kappa shape index (κ1) is 13.9. The summed E-state index contributed by atoms with van der Waals surface area (Å²) in [7, 11) is 0. The van der Waals surface area contributed by atoms with Crippen LogP contribution in [0.25, 0.3) is 0 Å². The maximum atomic E-state index is 13.6. The van der Waals surface area contributed by atoms with Crippen LogP contribution in [0, 0.1) is 5.82 Å². The summed E-state index contributed by atoms with van der Waals surface area (Å²) in [5.41, 5.74) is 5.89. The molecule has 1 aromatic carbocycles. The predicted molar refractivity (Wildman–Crippen MR) is 68.9 cm³/mol. The Labute approximate surface area is 106 Å². The predicted octanol–water partition coefficient (Wildman–Crippen LogP) is 2.26. The Hall–Kier alpha value is -1.20. The molecule has 5 heteroatoms. The fourth-order valence-corrected chi connectivity index (χ4v) is 1.41. The fraction of sp³-hybridized carbons (Fsp3) is 0.417. The molecule has 0 aliphatic heterocycles. The summed E-state index contributed by atoms with van der Waals surface area (Å²) in [4.78, 5) is 0.165. The number of benzene rings is 1. The van der Waals surface area contributed by atoms with Gasteiger partial charge >= 0.3 is 0 Å². The summed E-state index contributed by atoms with van der Waals surface area (Å²) in [6.45, 7) is 4.74. The van der Waals surface area contributed by atoms with Crippen LogP contribution in [0.15, 0.2) is 18.2 Å². The highest BCUT2D eigenvalue weighted by Gasteiger charge is 2.10. The van der Waals surface area contributed by atoms with Crippen molar-refractivity contribution in [3.05, 3.63) is 29.6 Å². The van der Waals surface area contributed by atoms with Crippen LogP contribution in [-0.2, 0) is 4.74 Å². The minimum absolute atomic E-state index is 0.165. The molecular weight excluding hydrogens is 241 g/mol. The van der Waals surface area contributed by atoms with E-state index in [9.17, 15) is 4.39 Å². The summed E-state index contributed by atoms with van der Waals surface area (Å²) in [6, 6.07) is 4.42. The minimum Gasteiger partial charge on any atom is -0.485 e. The third-order valence-electron chi connectivity index (χ3n) is 2.10. The van der Waals surface area contributed by atoms with Crippen LogP contribution in [0.5, 0.6) is 5.75 Å². The van der Waals surface area contributed by atoms with Gasteiger partial charge in [0.15, 0.2) is 11.6 Å². The first-order chi connectivity index (χ1) is 8.04. The van der Waals surface area contributed by atoms with Gasteiger partial charge in [-0.05, 0) is 32.0 Å². The van der Waals surface area contributed by atoms with E-state index >= 15 is 0 Å². The van der Waals surface area contributed by atoms with Crippen LogP contribution in [0.1, 0.15) is 19.4 Å². The molecule has 0 fully saturated rings. The summed E-state index contributed by atoms with van der Waals surface area (Å²) < 4.78 is 24.2. The molecule has 0 saturated carbocycles. The summed E-state index contributed by atoms with van der Waals surface area (Å²) in [5, 5.41) is 0. The van der Waals surface area contributed by atoms with Crippen LogP contribution >= 0.6 is 12.2 Å². The van der Waals surface area contributed by atoms with Gasteiger partial charge in [0, 0.05) is 12.2 Å². The van der Waals surface area contributed by atoms with Crippen LogP contribution in [0.4, 0.5) is 4.39 Å². The zero-order valence-corrected chi connectivity index (χ0v) is 10.7. The standard InChI is InChI=1S/C12H16FNO2S/c1-3-15-7-8(2)16-11-5-4-9(12(14)17)6-10(11)13/h4-6,8H,3,7H2,1-2H3,(H2,14,17). The number of ether oxygens (including phenoxy) is 2. The molecule has 0 bridgehead atoms. The summed E-state index contributed by atoms with van der Waals surface area (Å²) in [6.07, 6.45) is -0.208. The molecule has 17 heavy (non-hydrogen) atoms. The van der Waals surface area contributed by atoms with Crippen LogP contribution < -0.4 is 10.5 Å². The summed E-state index contributed by atoms with van der Waals surface area (Å²) >= 11 is 4.76. The highest BCUT2D eigenvalue weighted by atomic mass is 32.1. The highest BCUT2D eigenvalue weighted by molar-refractivity contribution is 7.80. The Bertz CT molecular complexity index is 398. The minimum atomic E-state index is -0.473. The topological polar surface area (TPSA) is 44.5 Å². The van der Waals surface area contributed by atoms with Crippen molar-refractivity contribution in [2.24, 2.45) is 5.73 Å². The third-order valence-corrected chi connectivity index (χ3v) is 2.34. The molecule has 0 aliphatic carbocycles. The molecule has 1 aromatic rings. The molecule has 0 saturated heterocycles. The Morgan fingerprint density at radius 3 is 2.76 bits per heavy atom. The van der Waals surface area contributed by atoms with Crippen molar-refractivity contribution in [1.29, 1.82) is 0 Å². The average molecular weight is 257 g/mol. The highest BCUT2D eigenvalue weighted by Crippen LogP contribution is 2.19. The van der Waals surface area contributed by atoms with E-state index in [2.05, 4.69) is 0 Å². The van der Waals surface area contributed by atoms with Gasteiger partial charge < -0.3 is 15.2 Å². The second-order valence-corrected chi connectivity index (χ2v) is 4.04. The molecule has 3 nitrogen and oxygen atoms in total. The van der Waals surface area contributed by atoms with Gasteiger partial charge in [-0.2, -0.15) is 0 Å². The van der Waals surface area contributed by atoms with Gasteiger partial charge in [0.25, 0.3) is 0 Å². The lowest BCUT2D eigenvalue weighted by Crippen LogP contribution is -2.20. The van der Waals surface area contributed by atoms with E-state index < -0.39 is 5.82 Å². The van der Waals surface area contributed by atoms with Crippen molar-refractivity contribution in [3.63, 3.8) is 0 Å². The maximum absolute atomic E-state index is 13.6. The van der Waals surface area contributed by atoms with Crippen molar-refractivity contribution in [2.45, 2.75) is 20.0 Å². The Kier molecular flexibility index (Phi) is 5.31. The largest absolute Gasteiger partial charge is 0.485 e. The number of halogens is 1. The van der Waals surface area contributed by atoms with Crippen molar-refractivity contribution < 1.29 is 13.9 Å². The molecule has 94 valence electrons. The molecule has 1 rings (SSSR count). The third kappa shape index (κ3) is 4.28. The molecule has 0 aromatic heterocycles. The molecule has 0 amide bonds. The lowest BCUT2D eigenvalue weighted by molar-refractivity contribution is 0.0637. The van der Waals surface area contributed by atoms with Gasteiger partial charge in [-0.3, -0.25) is 0 Å². The van der Waals surface area contributed by atoms with E-state index in [4.69, 9.17) is 27.4 Å².